The maximum atomic E-state index is 10.5. The highest BCUT2D eigenvalue weighted by molar-refractivity contribution is 5.87. The number of aliphatic imine (C=N–C) groups is 1. The third kappa shape index (κ3) is 3.18. The molecule has 0 amide bonds. The van der Waals surface area contributed by atoms with Crippen molar-refractivity contribution in [2.24, 2.45) is 16.5 Å². The second kappa shape index (κ2) is 7.12. The molecule has 0 fully saturated rings. The van der Waals surface area contributed by atoms with Gasteiger partial charge in [0.15, 0.2) is 0 Å². The SMILES string of the molecule is Cc1ccccc1/N=C/c1cc2c(cc1O)OC(N)=C(N)C2c1ccccc1. The number of allylic oxidation sites excluding steroid dienone is 1. The largest absolute Gasteiger partial charge is 0.507 e. The minimum absolute atomic E-state index is 0.0659. The molecule has 0 spiro atoms. The number of aryl methyl sites for hydroxylation is 1. The lowest BCUT2D eigenvalue weighted by Gasteiger charge is -2.28. The Morgan fingerprint density at radius 2 is 1.71 bits per heavy atom. The first kappa shape index (κ1) is 17.7. The van der Waals surface area contributed by atoms with Crippen LogP contribution in [-0.4, -0.2) is 11.3 Å². The molecule has 0 aromatic heterocycles. The first-order valence-electron chi connectivity index (χ1n) is 8.99. The van der Waals surface area contributed by atoms with Crippen molar-refractivity contribution in [3.63, 3.8) is 0 Å². The molecule has 1 aliphatic heterocycles. The van der Waals surface area contributed by atoms with Gasteiger partial charge in [-0.25, -0.2) is 0 Å². The van der Waals surface area contributed by atoms with Gasteiger partial charge < -0.3 is 21.3 Å². The number of hydrogen-bond acceptors (Lipinski definition) is 5. The van der Waals surface area contributed by atoms with Gasteiger partial charge in [0, 0.05) is 23.4 Å². The standard InChI is InChI=1S/C23H21N3O2/c1-14-7-5-6-10-18(14)26-13-16-11-17-20(12-19(16)27)28-23(25)22(24)21(17)15-8-3-2-4-9-15/h2-13,21,27H,24-25H2,1H3/b26-13+. The fourth-order valence-corrected chi connectivity index (χ4v) is 3.36. The van der Waals surface area contributed by atoms with E-state index in [2.05, 4.69) is 4.99 Å². The summed E-state index contributed by atoms with van der Waals surface area (Å²) >= 11 is 0. The normalized spacial score (nSPS) is 16.1. The predicted molar refractivity (Wildman–Crippen MR) is 111 cm³/mol. The minimum atomic E-state index is -0.254. The van der Waals surface area contributed by atoms with E-state index in [1.807, 2.05) is 67.6 Å². The number of rotatable bonds is 3. The van der Waals surface area contributed by atoms with E-state index in [1.54, 1.807) is 12.3 Å². The lowest BCUT2D eigenvalue weighted by molar-refractivity contribution is 0.383. The van der Waals surface area contributed by atoms with Crippen molar-refractivity contribution in [1.29, 1.82) is 0 Å². The molecule has 0 saturated heterocycles. The molecule has 0 radical (unpaired) electrons. The maximum absolute atomic E-state index is 10.5. The summed E-state index contributed by atoms with van der Waals surface area (Å²) in [6.07, 6.45) is 1.65. The summed E-state index contributed by atoms with van der Waals surface area (Å²) in [6, 6.07) is 21.1. The summed E-state index contributed by atoms with van der Waals surface area (Å²) in [5.41, 5.74) is 17.0. The van der Waals surface area contributed by atoms with Gasteiger partial charge in [-0.1, -0.05) is 48.5 Å². The third-order valence-corrected chi connectivity index (χ3v) is 4.88. The molecule has 3 aromatic carbocycles. The molecule has 140 valence electrons. The van der Waals surface area contributed by atoms with E-state index in [4.69, 9.17) is 16.2 Å². The van der Waals surface area contributed by atoms with Crippen molar-refractivity contribution in [2.45, 2.75) is 12.8 Å². The predicted octanol–water partition coefficient (Wildman–Crippen LogP) is 4.06. The first-order valence-corrected chi connectivity index (χ1v) is 8.99. The molecule has 5 nitrogen and oxygen atoms in total. The second-order valence-electron chi connectivity index (χ2n) is 6.76. The van der Waals surface area contributed by atoms with Crippen LogP contribution in [0.15, 0.2) is 83.3 Å². The number of phenols is 1. The van der Waals surface area contributed by atoms with Gasteiger partial charge in [0.1, 0.15) is 11.5 Å². The zero-order valence-corrected chi connectivity index (χ0v) is 15.5. The summed E-state index contributed by atoms with van der Waals surface area (Å²) < 4.78 is 5.64. The Balaban J connectivity index is 1.80. The van der Waals surface area contributed by atoms with Gasteiger partial charge in [-0.2, -0.15) is 0 Å². The van der Waals surface area contributed by atoms with E-state index < -0.39 is 0 Å². The van der Waals surface area contributed by atoms with E-state index >= 15 is 0 Å². The molecule has 1 aliphatic rings. The van der Waals surface area contributed by atoms with Crippen molar-refractivity contribution in [3.05, 3.63) is 101 Å². The fraction of sp³-hybridized carbons (Fsp3) is 0.0870. The van der Waals surface area contributed by atoms with Gasteiger partial charge in [-0.05, 0) is 30.2 Å². The van der Waals surface area contributed by atoms with Gasteiger partial charge in [0.2, 0.25) is 5.88 Å². The van der Waals surface area contributed by atoms with Crippen molar-refractivity contribution in [2.75, 3.05) is 0 Å². The lowest BCUT2D eigenvalue weighted by Crippen LogP contribution is -2.26. The van der Waals surface area contributed by atoms with Crippen LogP contribution in [0.1, 0.15) is 28.2 Å². The maximum Gasteiger partial charge on any atom is 0.210 e. The quantitative estimate of drug-likeness (QED) is 0.605. The molecular weight excluding hydrogens is 350 g/mol. The lowest BCUT2D eigenvalue weighted by atomic mass is 9.86. The van der Waals surface area contributed by atoms with Crippen molar-refractivity contribution >= 4 is 11.9 Å². The Morgan fingerprint density at radius 1 is 1.00 bits per heavy atom. The van der Waals surface area contributed by atoms with E-state index in [9.17, 15) is 5.11 Å². The summed E-state index contributed by atoms with van der Waals surface area (Å²) in [6.45, 7) is 1.99. The molecule has 1 atom stereocenters. The van der Waals surface area contributed by atoms with Crippen LogP contribution in [0.25, 0.3) is 0 Å². The highest BCUT2D eigenvalue weighted by Crippen LogP contribution is 2.42. The fourth-order valence-electron chi connectivity index (χ4n) is 3.36. The number of fused-ring (bicyclic) bond motifs is 1. The molecular formula is C23H21N3O2. The van der Waals surface area contributed by atoms with Gasteiger partial charge in [-0.3, -0.25) is 4.99 Å². The number of nitrogens with zero attached hydrogens (tertiary/aromatic N) is 1. The molecule has 1 unspecified atom stereocenters. The van der Waals surface area contributed by atoms with Crippen molar-refractivity contribution < 1.29 is 9.84 Å². The van der Waals surface area contributed by atoms with E-state index in [0.717, 1.165) is 22.4 Å². The third-order valence-electron chi connectivity index (χ3n) is 4.88. The molecule has 5 N–H and O–H groups in total. The number of benzene rings is 3. The minimum Gasteiger partial charge on any atom is -0.507 e. The highest BCUT2D eigenvalue weighted by Gasteiger charge is 2.29. The van der Waals surface area contributed by atoms with Gasteiger partial charge in [0.05, 0.1) is 17.3 Å². The number of phenolic OH excluding ortho intramolecular Hbond substituents is 1. The molecule has 0 saturated carbocycles. The Morgan fingerprint density at radius 3 is 2.46 bits per heavy atom. The number of para-hydroxylation sites is 1. The topological polar surface area (TPSA) is 93.9 Å². The Labute approximate surface area is 163 Å². The van der Waals surface area contributed by atoms with Crippen LogP contribution in [0, 0.1) is 6.92 Å². The van der Waals surface area contributed by atoms with Crippen molar-refractivity contribution in [3.8, 4) is 11.5 Å². The number of hydrogen-bond donors (Lipinski definition) is 3. The number of aromatic hydroxyl groups is 1. The number of ether oxygens (including phenoxy) is 1. The molecule has 3 aromatic rings. The van der Waals surface area contributed by atoms with Gasteiger partial charge >= 0.3 is 0 Å². The zero-order chi connectivity index (χ0) is 19.7. The molecule has 5 heteroatoms. The summed E-state index contributed by atoms with van der Waals surface area (Å²) in [4.78, 5) is 4.52. The molecule has 1 heterocycles. The Hall–Kier alpha value is -3.73. The van der Waals surface area contributed by atoms with Crippen LogP contribution < -0.4 is 16.2 Å². The van der Waals surface area contributed by atoms with Crippen LogP contribution in [-0.2, 0) is 0 Å². The monoisotopic (exact) mass is 371 g/mol. The zero-order valence-electron chi connectivity index (χ0n) is 15.5. The van der Waals surface area contributed by atoms with Crippen LogP contribution in [0.3, 0.4) is 0 Å². The number of nitrogens with two attached hydrogens (primary N) is 2. The van der Waals surface area contributed by atoms with Crippen LogP contribution in [0.4, 0.5) is 5.69 Å². The smallest absolute Gasteiger partial charge is 0.210 e. The first-order chi connectivity index (χ1) is 13.5. The molecule has 4 rings (SSSR count). The molecule has 28 heavy (non-hydrogen) atoms. The van der Waals surface area contributed by atoms with E-state index in [1.165, 1.54) is 0 Å². The average molecular weight is 371 g/mol. The summed E-state index contributed by atoms with van der Waals surface area (Å²) in [5, 5.41) is 10.5. The second-order valence-corrected chi connectivity index (χ2v) is 6.76. The molecule has 0 bridgehead atoms. The van der Waals surface area contributed by atoms with Crippen LogP contribution in [0.2, 0.25) is 0 Å². The van der Waals surface area contributed by atoms with Crippen LogP contribution >= 0.6 is 0 Å². The summed E-state index contributed by atoms with van der Waals surface area (Å²) in [7, 11) is 0. The average Bonchev–Trinajstić information content (AvgIpc) is 2.70. The van der Waals surface area contributed by atoms with Gasteiger partial charge in [0.25, 0.3) is 0 Å². The molecule has 0 aliphatic carbocycles. The Kier molecular flexibility index (Phi) is 4.49. The Bertz CT molecular complexity index is 1090. The summed E-state index contributed by atoms with van der Waals surface area (Å²) in [5.74, 6) is 0.459. The van der Waals surface area contributed by atoms with E-state index in [-0.39, 0.29) is 17.6 Å². The van der Waals surface area contributed by atoms with Crippen LogP contribution in [0.5, 0.6) is 11.5 Å². The van der Waals surface area contributed by atoms with Crippen molar-refractivity contribution in [1.82, 2.24) is 0 Å². The van der Waals surface area contributed by atoms with Gasteiger partial charge in [-0.15, -0.1) is 0 Å². The van der Waals surface area contributed by atoms with E-state index in [0.29, 0.717) is 17.0 Å². The highest BCUT2D eigenvalue weighted by atomic mass is 16.5.